The van der Waals surface area contributed by atoms with Crippen LogP contribution in [-0.4, -0.2) is 0 Å². The highest BCUT2D eigenvalue weighted by molar-refractivity contribution is 5.27. The van der Waals surface area contributed by atoms with Crippen molar-refractivity contribution in [3.8, 4) is 0 Å². The Morgan fingerprint density at radius 3 is 1.81 bits per heavy atom. The van der Waals surface area contributed by atoms with Gasteiger partial charge in [0.15, 0.2) is 0 Å². The maximum atomic E-state index is 2.66. The van der Waals surface area contributed by atoms with Gasteiger partial charge in [-0.2, -0.15) is 0 Å². The summed E-state index contributed by atoms with van der Waals surface area (Å²) in [5.74, 6) is 4.80. The van der Waals surface area contributed by atoms with Gasteiger partial charge in [-0.25, -0.2) is 0 Å². The van der Waals surface area contributed by atoms with Crippen molar-refractivity contribution in [1.29, 1.82) is 0 Å². The van der Waals surface area contributed by atoms with Crippen LogP contribution in [0.1, 0.15) is 142 Å². The Labute approximate surface area is 195 Å². The molecule has 0 aromatic rings. The molecule has 1 atom stereocenters. The van der Waals surface area contributed by atoms with E-state index in [1.807, 2.05) is 0 Å². The largest absolute Gasteiger partial charge is 0.0806 e. The van der Waals surface area contributed by atoms with Crippen molar-refractivity contribution >= 4 is 0 Å². The Bertz CT molecular complexity index is 510. The van der Waals surface area contributed by atoms with Crippen LogP contribution in [0, 0.1) is 29.6 Å². The molecule has 0 N–H and O–H groups in total. The fourth-order valence-corrected chi connectivity index (χ4v) is 6.89. The molecule has 3 aliphatic rings. The molecule has 3 rings (SSSR count). The molecule has 0 spiro atoms. The summed E-state index contributed by atoms with van der Waals surface area (Å²) in [6, 6.07) is 0. The van der Waals surface area contributed by atoms with E-state index < -0.39 is 0 Å². The minimum atomic E-state index is 0.851. The van der Waals surface area contributed by atoms with Gasteiger partial charge in [0.25, 0.3) is 0 Å². The van der Waals surface area contributed by atoms with Crippen LogP contribution >= 0.6 is 0 Å². The summed E-state index contributed by atoms with van der Waals surface area (Å²) < 4.78 is 0. The summed E-state index contributed by atoms with van der Waals surface area (Å²) in [7, 11) is 0. The third-order valence-corrected chi connectivity index (χ3v) is 9.16. The molecule has 0 bridgehead atoms. The van der Waals surface area contributed by atoms with E-state index in [4.69, 9.17) is 0 Å². The van der Waals surface area contributed by atoms with Crippen molar-refractivity contribution in [2.24, 2.45) is 29.6 Å². The summed E-state index contributed by atoms with van der Waals surface area (Å²) in [5.41, 5.74) is 1.71. The van der Waals surface area contributed by atoms with Crippen molar-refractivity contribution in [3.05, 3.63) is 23.8 Å². The van der Waals surface area contributed by atoms with Crippen molar-refractivity contribution in [2.45, 2.75) is 142 Å². The summed E-state index contributed by atoms with van der Waals surface area (Å²) in [5, 5.41) is 0. The number of unbranched alkanes of at least 4 members (excludes halogenated alkanes) is 7. The van der Waals surface area contributed by atoms with Crippen LogP contribution < -0.4 is 0 Å². The fourth-order valence-electron chi connectivity index (χ4n) is 6.89. The third kappa shape index (κ3) is 8.74. The zero-order valence-electron chi connectivity index (χ0n) is 21.3. The molecule has 0 radical (unpaired) electrons. The number of hydrogen-bond donors (Lipinski definition) is 0. The van der Waals surface area contributed by atoms with Gasteiger partial charge >= 0.3 is 0 Å². The monoisotopic (exact) mass is 426 g/mol. The van der Waals surface area contributed by atoms with Crippen LogP contribution in [0.15, 0.2) is 23.8 Å². The van der Waals surface area contributed by atoms with E-state index in [1.165, 1.54) is 128 Å². The van der Waals surface area contributed by atoms with Gasteiger partial charge in [0.2, 0.25) is 0 Å². The van der Waals surface area contributed by atoms with Gasteiger partial charge in [-0.15, -0.1) is 0 Å². The second-order valence-electron chi connectivity index (χ2n) is 11.5. The Balaban J connectivity index is 1.28. The van der Waals surface area contributed by atoms with Crippen molar-refractivity contribution < 1.29 is 0 Å². The van der Waals surface area contributed by atoms with Crippen molar-refractivity contribution in [2.75, 3.05) is 0 Å². The summed E-state index contributed by atoms with van der Waals surface area (Å²) >= 11 is 0. The first-order valence-electron chi connectivity index (χ1n) is 14.7. The average Bonchev–Trinajstić information content (AvgIpc) is 2.82. The summed E-state index contributed by atoms with van der Waals surface area (Å²) in [6.45, 7) is 4.64. The van der Waals surface area contributed by atoms with E-state index in [9.17, 15) is 0 Å². The van der Waals surface area contributed by atoms with Gasteiger partial charge in [-0.3, -0.25) is 0 Å². The molecule has 0 heteroatoms. The minimum absolute atomic E-state index is 0.851. The number of hydrogen-bond acceptors (Lipinski definition) is 0. The molecule has 1 unspecified atom stereocenters. The van der Waals surface area contributed by atoms with Gasteiger partial charge in [0.1, 0.15) is 0 Å². The van der Waals surface area contributed by atoms with Crippen LogP contribution in [-0.2, 0) is 0 Å². The second-order valence-corrected chi connectivity index (χ2v) is 11.5. The summed E-state index contributed by atoms with van der Waals surface area (Å²) in [6.07, 6.45) is 37.2. The smallest absolute Gasteiger partial charge is 0.0165 e. The van der Waals surface area contributed by atoms with E-state index >= 15 is 0 Å². The van der Waals surface area contributed by atoms with Crippen molar-refractivity contribution in [3.63, 3.8) is 0 Å². The molecular formula is C31H54. The lowest BCUT2D eigenvalue weighted by atomic mass is 9.71. The average molecular weight is 427 g/mol. The highest BCUT2D eigenvalue weighted by Crippen LogP contribution is 2.41. The third-order valence-electron chi connectivity index (χ3n) is 9.16. The zero-order chi connectivity index (χ0) is 21.7. The van der Waals surface area contributed by atoms with E-state index in [-0.39, 0.29) is 0 Å². The predicted molar refractivity (Wildman–Crippen MR) is 138 cm³/mol. The van der Waals surface area contributed by atoms with Gasteiger partial charge in [-0.05, 0) is 80.1 Å². The molecule has 0 aromatic heterocycles. The highest BCUT2D eigenvalue weighted by Gasteiger charge is 2.28. The van der Waals surface area contributed by atoms with Gasteiger partial charge in [0, 0.05) is 0 Å². The van der Waals surface area contributed by atoms with E-state index in [0.717, 1.165) is 29.6 Å². The normalized spacial score (nSPS) is 31.5. The van der Waals surface area contributed by atoms with Crippen LogP contribution in [0.25, 0.3) is 0 Å². The van der Waals surface area contributed by atoms with E-state index in [1.54, 1.807) is 5.57 Å². The zero-order valence-corrected chi connectivity index (χ0v) is 21.3. The first-order valence-corrected chi connectivity index (χ1v) is 14.7. The fraction of sp³-hybridized carbons (Fsp3) is 0.871. The lowest BCUT2D eigenvalue weighted by Crippen LogP contribution is -2.22. The molecule has 2 fully saturated rings. The predicted octanol–water partition coefficient (Wildman–Crippen LogP) is 10.4. The highest BCUT2D eigenvalue weighted by atomic mass is 14.3. The molecule has 31 heavy (non-hydrogen) atoms. The Morgan fingerprint density at radius 2 is 1.19 bits per heavy atom. The van der Waals surface area contributed by atoms with Crippen molar-refractivity contribution in [1.82, 2.24) is 0 Å². The Kier molecular flexibility index (Phi) is 11.8. The molecule has 0 saturated heterocycles. The lowest BCUT2D eigenvalue weighted by Gasteiger charge is -2.35. The molecule has 178 valence electrons. The SMILES string of the molecule is CCCCCCCCC1CCC(C2C=CC(C3CCC(CCCCC)CC3)=CC2)CC1. The maximum absolute atomic E-state index is 2.66. The maximum Gasteiger partial charge on any atom is -0.0165 e. The molecule has 0 aliphatic heterocycles. The second kappa shape index (κ2) is 14.6. The lowest BCUT2D eigenvalue weighted by molar-refractivity contribution is 0.217. The quantitative estimate of drug-likeness (QED) is 0.257. The first-order chi connectivity index (χ1) is 15.3. The van der Waals surface area contributed by atoms with Crippen LogP contribution in [0.2, 0.25) is 0 Å². The molecule has 0 aromatic carbocycles. The first kappa shape index (κ1) is 25.1. The number of rotatable bonds is 13. The number of allylic oxidation sites excluding steroid dienone is 4. The molecular weight excluding hydrogens is 372 g/mol. The molecule has 0 heterocycles. The Hall–Kier alpha value is -0.520. The van der Waals surface area contributed by atoms with Crippen LogP contribution in [0.5, 0.6) is 0 Å². The van der Waals surface area contributed by atoms with Crippen LogP contribution in [0.3, 0.4) is 0 Å². The van der Waals surface area contributed by atoms with Gasteiger partial charge in [-0.1, -0.05) is 116 Å². The van der Waals surface area contributed by atoms with E-state index in [2.05, 4.69) is 32.1 Å². The topological polar surface area (TPSA) is 0 Å². The molecule has 0 nitrogen and oxygen atoms in total. The Morgan fingerprint density at radius 1 is 0.645 bits per heavy atom. The van der Waals surface area contributed by atoms with Gasteiger partial charge in [0.05, 0.1) is 0 Å². The van der Waals surface area contributed by atoms with Crippen LogP contribution in [0.4, 0.5) is 0 Å². The molecule has 3 aliphatic carbocycles. The molecule has 0 amide bonds. The molecule has 2 saturated carbocycles. The standard InChI is InChI=1S/C31H54/c1-3-5-7-8-9-11-13-27-16-20-29(21-17-27)31-24-22-30(23-25-31)28-18-14-26(15-19-28)12-10-6-4-2/h22-24,26-29,31H,3-21,25H2,1-2H3. The van der Waals surface area contributed by atoms with Gasteiger partial charge < -0.3 is 0 Å². The van der Waals surface area contributed by atoms with E-state index in [0.29, 0.717) is 0 Å². The minimum Gasteiger partial charge on any atom is -0.0806 e. The summed E-state index contributed by atoms with van der Waals surface area (Å²) in [4.78, 5) is 0.